The molecule has 0 saturated heterocycles. The number of nitrogens with zero attached hydrogens (tertiary/aromatic N) is 1. The molecule has 1 amide bonds. The van der Waals surface area contributed by atoms with Gasteiger partial charge in [-0.15, -0.1) is 0 Å². The highest BCUT2D eigenvalue weighted by Gasteiger charge is 2.62. The van der Waals surface area contributed by atoms with Crippen LogP contribution in [0.3, 0.4) is 0 Å². The summed E-state index contributed by atoms with van der Waals surface area (Å²) in [5.74, 6) is -3.61. The lowest BCUT2D eigenvalue weighted by Gasteiger charge is -2.51. The molecule has 45 heavy (non-hydrogen) atoms. The summed E-state index contributed by atoms with van der Waals surface area (Å²) in [5, 5.41) is 0. The second-order valence-corrected chi connectivity index (χ2v) is 14.9. The van der Waals surface area contributed by atoms with Gasteiger partial charge in [0.25, 0.3) is 0 Å². The van der Waals surface area contributed by atoms with Gasteiger partial charge in [0.15, 0.2) is 0 Å². The first-order valence-corrected chi connectivity index (χ1v) is 16.7. The van der Waals surface area contributed by atoms with Gasteiger partial charge in [-0.25, -0.2) is 19.2 Å². The Morgan fingerprint density at radius 2 is 1.22 bits per heavy atom. The molecule has 0 aromatic heterocycles. The van der Waals surface area contributed by atoms with Crippen LogP contribution in [-0.4, -0.2) is 67.8 Å². The fourth-order valence-electron chi connectivity index (χ4n) is 5.79. The number of ether oxygens (including phenoxy) is 4. The van der Waals surface area contributed by atoms with E-state index in [4.69, 9.17) is 18.9 Å². The molecule has 242 valence electrons. The van der Waals surface area contributed by atoms with Gasteiger partial charge in [0.2, 0.25) is 5.91 Å². The molecule has 0 fully saturated rings. The van der Waals surface area contributed by atoms with Crippen molar-refractivity contribution in [2.45, 2.75) is 64.0 Å². The van der Waals surface area contributed by atoms with Crippen LogP contribution in [0.15, 0.2) is 37.3 Å². The van der Waals surface area contributed by atoms with Gasteiger partial charge < -0.3 is 23.8 Å². The molecular weight excluding hydrogens is 639 g/mol. The van der Waals surface area contributed by atoms with Crippen molar-refractivity contribution in [3.63, 3.8) is 0 Å². The van der Waals surface area contributed by atoms with Crippen molar-refractivity contribution in [2.75, 3.05) is 33.3 Å². The normalized spacial score (nSPS) is 18.2. The van der Waals surface area contributed by atoms with E-state index in [1.807, 2.05) is 53.7 Å². The minimum absolute atomic E-state index is 0.0753. The van der Waals surface area contributed by atoms with E-state index in [9.17, 15) is 24.0 Å². The van der Waals surface area contributed by atoms with Crippen LogP contribution in [0.25, 0.3) is 5.57 Å². The third-order valence-corrected chi connectivity index (χ3v) is 13.0. The zero-order valence-corrected chi connectivity index (χ0v) is 29.4. The lowest BCUT2D eigenvalue weighted by atomic mass is 9.81. The fourth-order valence-corrected chi connectivity index (χ4v) is 10.8. The number of anilines is 1. The fraction of sp³-hybridized carbons (Fsp3) is 0.469. The number of amides is 1. The van der Waals surface area contributed by atoms with E-state index in [1.54, 1.807) is 4.90 Å². The maximum Gasteiger partial charge on any atom is 0.345 e. The number of fused-ring (bicyclic) bond motifs is 3. The molecular formula is C32H37NO9S3. The van der Waals surface area contributed by atoms with Gasteiger partial charge in [-0.2, -0.15) is 0 Å². The number of hydrogen-bond acceptors (Lipinski definition) is 12. The predicted octanol–water partition coefficient (Wildman–Crippen LogP) is 5.66. The van der Waals surface area contributed by atoms with Gasteiger partial charge in [0.1, 0.15) is 18.8 Å². The van der Waals surface area contributed by atoms with E-state index in [1.165, 1.54) is 28.4 Å². The molecule has 13 heteroatoms. The first kappa shape index (κ1) is 34.7. The van der Waals surface area contributed by atoms with E-state index in [-0.39, 0.29) is 32.1 Å². The minimum atomic E-state index is -1.61. The molecule has 1 aromatic rings. The van der Waals surface area contributed by atoms with Crippen LogP contribution in [0.1, 0.15) is 57.2 Å². The zero-order chi connectivity index (χ0) is 33.6. The van der Waals surface area contributed by atoms with Crippen molar-refractivity contribution in [1.29, 1.82) is 0 Å². The summed E-state index contributed by atoms with van der Waals surface area (Å²) in [5.41, 5.74) is 2.52. The summed E-state index contributed by atoms with van der Waals surface area (Å²) < 4.78 is 18.9. The highest BCUT2D eigenvalue weighted by atomic mass is 32.2. The number of carbonyl (C=O) groups excluding carboxylic acids is 5. The van der Waals surface area contributed by atoms with E-state index in [0.717, 1.165) is 46.4 Å². The van der Waals surface area contributed by atoms with Crippen LogP contribution in [0, 0.1) is 19.8 Å². The van der Waals surface area contributed by atoms with Gasteiger partial charge in [0, 0.05) is 22.0 Å². The van der Waals surface area contributed by atoms with Crippen LogP contribution >= 0.6 is 35.3 Å². The molecule has 0 radical (unpaired) electrons. The average Bonchev–Trinajstić information content (AvgIpc) is 3.41. The molecule has 0 bridgehead atoms. The number of benzene rings is 1. The number of rotatable bonds is 7. The number of aryl methyl sites for hydroxylation is 2. The van der Waals surface area contributed by atoms with Crippen LogP contribution in [0.5, 0.6) is 0 Å². The van der Waals surface area contributed by atoms with Crippen molar-refractivity contribution in [1.82, 2.24) is 0 Å². The third kappa shape index (κ3) is 5.40. The third-order valence-electron chi connectivity index (χ3n) is 8.31. The maximum atomic E-state index is 14.3. The van der Waals surface area contributed by atoms with E-state index in [2.05, 4.69) is 0 Å². The number of thioether (sulfide) groups is 3. The molecule has 0 saturated carbocycles. The molecule has 4 rings (SSSR count). The topological polar surface area (TPSA) is 126 Å². The van der Waals surface area contributed by atoms with Crippen molar-refractivity contribution < 1.29 is 42.9 Å². The highest BCUT2D eigenvalue weighted by molar-refractivity contribution is 8.26. The Morgan fingerprint density at radius 3 is 1.69 bits per heavy atom. The first-order valence-electron chi connectivity index (χ1n) is 14.3. The Balaban J connectivity index is 2.20. The van der Waals surface area contributed by atoms with Gasteiger partial charge in [-0.1, -0.05) is 49.1 Å². The Bertz CT molecular complexity index is 1570. The largest absolute Gasteiger partial charge is 0.466 e. The summed E-state index contributed by atoms with van der Waals surface area (Å²) in [6.07, 6.45) is 1.26. The Hall–Kier alpha value is -3.16. The quantitative estimate of drug-likeness (QED) is 0.262. The van der Waals surface area contributed by atoms with Gasteiger partial charge in [-0.05, 0) is 63.8 Å². The molecule has 10 nitrogen and oxygen atoms in total. The van der Waals surface area contributed by atoms with Gasteiger partial charge in [-0.3, -0.25) is 4.79 Å². The highest BCUT2D eigenvalue weighted by Crippen LogP contribution is 2.71. The van der Waals surface area contributed by atoms with Gasteiger partial charge >= 0.3 is 23.9 Å². The summed E-state index contributed by atoms with van der Waals surface area (Å²) >= 11 is 2.86. The second kappa shape index (κ2) is 12.9. The maximum absolute atomic E-state index is 14.3. The molecule has 0 unspecified atom stereocenters. The number of carbonyl (C=O) groups is 5. The Kier molecular flexibility index (Phi) is 9.96. The predicted molar refractivity (Wildman–Crippen MR) is 176 cm³/mol. The zero-order valence-electron chi connectivity index (χ0n) is 27.0. The molecule has 3 aliphatic rings. The molecule has 0 N–H and O–H groups in total. The van der Waals surface area contributed by atoms with Crippen molar-refractivity contribution >= 4 is 76.3 Å². The van der Waals surface area contributed by atoms with Crippen LogP contribution in [-0.2, 0) is 42.9 Å². The molecule has 1 spiro atoms. The van der Waals surface area contributed by atoms with Crippen LogP contribution in [0.4, 0.5) is 5.69 Å². The molecule has 1 aromatic carbocycles. The summed E-state index contributed by atoms with van der Waals surface area (Å²) in [6.45, 7) is 11.6. The van der Waals surface area contributed by atoms with Crippen LogP contribution < -0.4 is 4.90 Å². The standard InChI is InChI=1S/C32H37NO9S3/c1-11-17(12-2)26(34)33-19-14-16(4)15(3)13-18(19)20-25(31(33,5)6)43-22(28(36)40-8)21(27(35)39-7)32(20)44-23(29(37)41-9)24(45-32)30(38)42-10/h13-14,17H,11-12H2,1-10H3. The van der Waals surface area contributed by atoms with Crippen molar-refractivity contribution in [3.05, 3.63) is 54.0 Å². The lowest BCUT2D eigenvalue weighted by molar-refractivity contribution is -0.138. The molecule has 3 heterocycles. The molecule has 3 aliphatic heterocycles. The van der Waals surface area contributed by atoms with E-state index < -0.39 is 33.5 Å². The van der Waals surface area contributed by atoms with Crippen molar-refractivity contribution in [3.8, 4) is 0 Å². The number of methoxy groups -OCH3 is 4. The summed E-state index contributed by atoms with van der Waals surface area (Å²) in [6, 6.07) is 3.89. The Labute approximate surface area is 275 Å². The first-order chi connectivity index (χ1) is 21.2. The lowest BCUT2D eigenvalue weighted by Crippen LogP contribution is -2.55. The summed E-state index contributed by atoms with van der Waals surface area (Å²) in [7, 11) is 4.76. The Morgan fingerprint density at radius 1 is 0.756 bits per heavy atom. The monoisotopic (exact) mass is 675 g/mol. The molecule has 0 atom stereocenters. The smallest absolute Gasteiger partial charge is 0.345 e. The second-order valence-electron chi connectivity index (χ2n) is 11.2. The number of hydrogen-bond donors (Lipinski definition) is 0. The van der Waals surface area contributed by atoms with E-state index in [0.29, 0.717) is 34.6 Å². The average molecular weight is 676 g/mol. The van der Waals surface area contributed by atoms with Crippen LogP contribution in [0.2, 0.25) is 0 Å². The number of esters is 4. The van der Waals surface area contributed by atoms with Gasteiger partial charge in [0.05, 0.1) is 45.2 Å². The SMILES string of the molecule is CCC(CC)C(=O)N1c2cc(C)c(C)cc2C2=C(SC(C(=O)OC)=C(C(=O)OC)C23SC(C(=O)OC)=C(C(=O)OC)S3)C1(C)C. The molecule has 0 aliphatic carbocycles. The van der Waals surface area contributed by atoms with Crippen molar-refractivity contribution in [2.24, 2.45) is 5.92 Å². The summed E-state index contributed by atoms with van der Waals surface area (Å²) in [4.78, 5) is 70.1. The van der Waals surface area contributed by atoms with E-state index >= 15 is 0 Å². The minimum Gasteiger partial charge on any atom is -0.466 e.